The van der Waals surface area contributed by atoms with Crippen LogP contribution in [0, 0.1) is 17.8 Å². The lowest BCUT2D eigenvalue weighted by Gasteiger charge is -2.37. The molecule has 0 aliphatic heterocycles. The molecule has 0 N–H and O–H groups in total. The molecule has 3 fully saturated rings. The van der Waals surface area contributed by atoms with Gasteiger partial charge in [-0.25, -0.2) is 4.79 Å². The van der Waals surface area contributed by atoms with Crippen LogP contribution in [0.2, 0.25) is 0 Å². The molecule has 0 radical (unpaired) electrons. The number of ether oxygens (including phenoxy) is 2. The first-order valence-corrected chi connectivity index (χ1v) is 11.8. The highest BCUT2D eigenvalue weighted by atomic mass is 19.3. The van der Waals surface area contributed by atoms with Gasteiger partial charge in [0.25, 0.3) is 0 Å². The standard InChI is InChI=1S/C25H32F2O5/c1-2-24(15-16-8-11-19(24)14-16)32-20-12-9-18(10-13-20)22(28)31-21(25(26,27)23(29)30)17-6-4-3-5-7-17/h9-10,12-13,16-17,19,21H,2-8,11,14-15H2,1H3,(H,29,30)/p-1. The van der Waals surface area contributed by atoms with Crippen LogP contribution >= 0.6 is 0 Å². The lowest BCUT2D eigenvalue weighted by Crippen LogP contribution is -2.54. The molecular formula is C25H31F2O5-. The predicted octanol–water partition coefficient (Wildman–Crippen LogP) is 4.53. The Balaban J connectivity index is 1.45. The minimum atomic E-state index is -4.24. The highest BCUT2D eigenvalue weighted by molar-refractivity contribution is 5.90. The highest BCUT2D eigenvalue weighted by Crippen LogP contribution is 2.54. The third-order valence-electron chi connectivity index (χ3n) is 7.87. The Morgan fingerprint density at radius 2 is 1.81 bits per heavy atom. The zero-order valence-electron chi connectivity index (χ0n) is 18.5. The monoisotopic (exact) mass is 449 g/mol. The van der Waals surface area contributed by atoms with Crippen molar-refractivity contribution in [1.29, 1.82) is 0 Å². The molecule has 3 aliphatic carbocycles. The smallest absolute Gasteiger partial charge is 0.338 e. The second-order valence-corrected chi connectivity index (χ2v) is 9.76. The zero-order chi connectivity index (χ0) is 22.9. The highest BCUT2D eigenvalue weighted by Gasteiger charge is 2.52. The molecule has 7 heteroatoms. The van der Waals surface area contributed by atoms with E-state index in [1.807, 2.05) is 0 Å². The van der Waals surface area contributed by atoms with Crippen molar-refractivity contribution < 1.29 is 33.0 Å². The third-order valence-corrected chi connectivity index (χ3v) is 7.87. The Labute approximate surface area is 187 Å². The van der Waals surface area contributed by atoms with Crippen molar-refractivity contribution in [3.63, 3.8) is 0 Å². The van der Waals surface area contributed by atoms with E-state index >= 15 is 0 Å². The molecule has 0 amide bonds. The van der Waals surface area contributed by atoms with E-state index < -0.39 is 29.9 Å². The van der Waals surface area contributed by atoms with E-state index in [1.54, 1.807) is 12.1 Å². The summed E-state index contributed by atoms with van der Waals surface area (Å²) in [5, 5.41) is 11.1. The molecule has 1 aromatic rings. The predicted molar refractivity (Wildman–Crippen MR) is 111 cm³/mol. The Kier molecular flexibility index (Phi) is 6.46. The van der Waals surface area contributed by atoms with Crippen molar-refractivity contribution >= 4 is 11.9 Å². The maximum atomic E-state index is 14.4. The number of carboxylic acid groups (broad SMARTS) is 1. The first-order valence-electron chi connectivity index (χ1n) is 11.8. The van der Waals surface area contributed by atoms with Gasteiger partial charge < -0.3 is 19.4 Å². The van der Waals surface area contributed by atoms with Crippen molar-refractivity contribution in [2.75, 3.05) is 0 Å². The Hall–Kier alpha value is -2.18. The van der Waals surface area contributed by atoms with Gasteiger partial charge in [0.15, 0.2) is 6.10 Å². The first-order chi connectivity index (χ1) is 15.2. The van der Waals surface area contributed by atoms with Crippen LogP contribution in [0.3, 0.4) is 0 Å². The molecule has 1 aromatic carbocycles. The normalized spacial score (nSPS) is 29.0. The molecule has 4 rings (SSSR count). The Morgan fingerprint density at radius 3 is 2.34 bits per heavy atom. The second-order valence-electron chi connectivity index (χ2n) is 9.76. The van der Waals surface area contributed by atoms with Gasteiger partial charge in [0.05, 0.1) is 5.56 Å². The van der Waals surface area contributed by atoms with E-state index in [2.05, 4.69) is 6.92 Å². The number of hydrogen-bond donors (Lipinski definition) is 0. The number of carbonyl (C=O) groups is 2. The van der Waals surface area contributed by atoms with E-state index in [0.29, 0.717) is 37.4 Å². The number of carbonyl (C=O) groups excluding carboxylic acids is 2. The summed E-state index contributed by atoms with van der Waals surface area (Å²) in [6.07, 6.45) is 6.67. The van der Waals surface area contributed by atoms with Crippen LogP contribution in [0.25, 0.3) is 0 Å². The molecule has 3 aliphatic rings. The number of halogens is 2. The summed E-state index contributed by atoms with van der Waals surface area (Å²) in [6.45, 7) is 2.13. The van der Waals surface area contributed by atoms with Gasteiger partial charge in [-0.2, -0.15) is 8.78 Å². The molecule has 4 unspecified atom stereocenters. The first kappa shape index (κ1) is 23.0. The summed E-state index contributed by atoms with van der Waals surface area (Å²) >= 11 is 0. The van der Waals surface area contributed by atoms with Gasteiger partial charge >= 0.3 is 11.9 Å². The molecule has 4 atom stereocenters. The summed E-state index contributed by atoms with van der Waals surface area (Å²) in [6, 6.07) is 6.30. The van der Waals surface area contributed by atoms with E-state index in [4.69, 9.17) is 9.47 Å². The van der Waals surface area contributed by atoms with E-state index in [-0.39, 0.29) is 11.2 Å². The number of benzene rings is 1. The van der Waals surface area contributed by atoms with E-state index in [9.17, 15) is 23.5 Å². The van der Waals surface area contributed by atoms with Crippen LogP contribution in [0.15, 0.2) is 24.3 Å². The van der Waals surface area contributed by atoms with Gasteiger partial charge in [-0.05, 0) is 81.0 Å². The van der Waals surface area contributed by atoms with Crippen molar-refractivity contribution in [3.05, 3.63) is 29.8 Å². The summed E-state index contributed by atoms with van der Waals surface area (Å²) in [5.41, 5.74) is -0.0843. The number of alkyl halides is 2. The van der Waals surface area contributed by atoms with Crippen molar-refractivity contribution in [2.45, 2.75) is 88.8 Å². The van der Waals surface area contributed by atoms with Crippen molar-refractivity contribution in [2.24, 2.45) is 17.8 Å². The second kappa shape index (κ2) is 8.99. The van der Waals surface area contributed by atoms with Crippen LogP contribution in [-0.4, -0.2) is 29.6 Å². The van der Waals surface area contributed by atoms with Gasteiger partial charge in [0.1, 0.15) is 17.3 Å². The van der Waals surface area contributed by atoms with Crippen LogP contribution in [-0.2, 0) is 9.53 Å². The lowest BCUT2D eigenvalue weighted by atomic mass is 9.82. The quantitative estimate of drug-likeness (QED) is 0.545. The van der Waals surface area contributed by atoms with Gasteiger partial charge in [-0.3, -0.25) is 0 Å². The van der Waals surface area contributed by atoms with Gasteiger partial charge in [0.2, 0.25) is 0 Å². The number of fused-ring (bicyclic) bond motifs is 2. The van der Waals surface area contributed by atoms with Gasteiger partial charge in [-0.1, -0.05) is 26.2 Å². The SMILES string of the molecule is CCC1(Oc2ccc(C(=O)OC(C3CCCCC3)C(F)(F)C(=O)[O-])cc2)CC2CCC1C2. The van der Waals surface area contributed by atoms with Crippen molar-refractivity contribution in [1.82, 2.24) is 0 Å². The summed E-state index contributed by atoms with van der Waals surface area (Å²) in [5.74, 6) is -6.51. The Bertz CT molecular complexity index is 833. The number of hydrogen-bond acceptors (Lipinski definition) is 5. The zero-order valence-corrected chi connectivity index (χ0v) is 18.5. The van der Waals surface area contributed by atoms with Gasteiger partial charge in [-0.15, -0.1) is 0 Å². The fourth-order valence-electron chi connectivity index (χ4n) is 6.12. The number of esters is 1. The van der Waals surface area contributed by atoms with Crippen LogP contribution in [0.5, 0.6) is 5.75 Å². The fourth-order valence-corrected chi connectivity index (χ4v) is 6.12. The maximum absolute atomic E-state index is 14.4. The number of rotatable bonds is 8. The molecule has 3 saturated carbocycles. The van der Waals surface area contributed by atoms with Gasteiger partial charge in [0, 0.05) is 5.92 Å². The molecule has 0 aromatic heterocycles. The minimum Gasteiger partial charge on any atom is -0.544 e. The molecule has 2 bridgehead atoms. The summed E-state index contributed by atoms with van der Waals surface area (Å²) in [7, 11) is 0. The topological polar surface area (TPSA) is 75.7 Å². The molecule has 32 heavy (non-hydrogen) atoms. The lowest BCUT2D eigenvalue weighted by molar-refractivity contribution is -0.337. The minimum absolute atomic E-state index is 0.0887. The molecular weight excluding hydrogens is 418 g/mol. The molecule has 176 valence electrons. The molecule has 5 nitrogen and oxygen atoms in total. The molecule has 0 spiro atoms. The summed E-state index contributed by atoms with van der Waals surface area (Å²) < 4.78 is 40.2. The van der Waals surface area contributed by atoms with E-state index in [1.165, 1.54) is 31.4 Å². The molecule has 0 heterocycles. The summed E-state index contributed by atoms with van der Waals surface area (Å²) in [4.78, 5) is 23.7. The molecule has 0 saturated heterocycles. The van der Waals surface area contributed by atoms with Crippen molar-refractivity contribution in [3.8, 4) is 5.75 Å². The van der Waals surface area contributed by atoms with Crippen LogP contribution in [0.1, 0.15) is 81.5 Å². The van der Waals surface area contributed by atoms with E-state index in [0.717, 1.165) is 25.2 Å². The average Bonchev–Trinajstić information content (AvgIpc) is 3.40. The maximum Gasteiger partial charge on any atom is 0.338 e. The largest absolute Gasteiger partial charge is 0.544 e. The third kappa shape index (κ3) is 4.35. The van der Waals surface area contributed by atoms with Crippen LogP contribution in [0.4, 0.5) is 8.78 Å². The average molecular weight is 450 g/mol. The number of aliphatic carboxylic acids is 1. The Morgan fingerprint density at radius 1 is 1.12 bits per heavy atom. The fraction of sp³-hybridized carbons (Fsp3) is 0.680. The van der Waals surface area contributed by atoms with Crippen LogP contribution < -0.4 is 9.84 Å². The number of carboxylic acids is 1.